The molecule has 8 heteroatoms. The van der Waals surface area contributed by atoms with Gasteiger partial charge in [-0.05, 0) is 40.3 Å². The second-order valence-corrected chi connectivity index (χ2v) is 9.00. The summed E-state index contributed by atoms with van der Waals surface area (Å²) in [7, 11) is 0. The second kappa shape index (κ2) is 7.25. The predicted molar refractivity (Wildman–Crippen MR) is 115 cm³/mol. The number of benzene rings is 2. The van der Waals surface area contributed by atoms with E-state index in [1.165, 1.54) is 5.56 Å². The number of fused-ring (bicyclic) bond motifs is 1. The normalized spacial score (nSPS) is 31.4. The van der Waals surface area contributed by atoms with Crippen LogP contribution in [0.2, 0.25) is 0 Å². The van der Waals surface area contributed by atoms with E-state index in [0.717, 1.165) is 45.0 Å². The minimum absolute atomic E-state index is 0.0141. The third kappa shape index (κ3) is 3.14. The summed E-state index contributed by atoms with van der Waals surface area (Å²) in [4.78, 5) is 18.5. The molecule has 4 saturated heterocycles. The number of carbonyl (C=O) groups is 1. The third-order valence-electron chi connectivity index (χ3n) is 7.17. The maximum atomic E-state index is 13.3. The van der Waals surface area contributed by atoms with Crippen LogP contribution in [0.1, 0.15) is 15.9 Å². The average Bonchev–Trinajstić information content (AvgIpc) is 3.23. The Morgan fingerprint density at radius 2 is 1.68 bits per heavy atom. The van der Waals surface area contributed by atoms with Crippen LogP contribution in [0.25, 0.3) is 5.69 Å². The van der Waals surface area contributed by atoms with Gasteiger partial charge < -0.3 is 15.1 Å². The number of piperidine rings is 2. The zero-order chi connectivity index (χ0) is 20.8. The molecule has 1 N–H and O–H groups in total. The molecule has 4 aliphatic rings. The number of tetrazole rings is 1. The molecule has 3 unspecified atom stereocenters. The van der Waals surface area contributed by atoms with Crippen molar-refractivity contribution in [1.82, 2.24) is 35.3 Å². The summed E-state index contributed by atoms with van der Waals surface area (Å²) in [6.07, 6.45) is 1.54. The molecule has 1 amide bonds. The first-order valence-electron chi connectivity index (χ1n) is 10.9. The van der Waals surface area contributed by atoms with Gasteiger partial charge in [0.05, 0.1) is 5.69 Å². The van der Waals surface area contributed by atoms with Crippen LogP contribution >= 0.6 is 0 Å². The van der Waals surface area contributed by atoms with Gasteiger partial charge in [0.1, 0.15) is 6.33 Å². The first-order valence-corrected chi connectivity index (χ1v) is 10.9. The molecule has 31 heavy (non-hydrogen) atoms. The van der Waals surface area contributed by atoms with E-state index in [1.807, 2.05) is 24.3 Å². The van der Waals surface area contributed by atoms with E-state index in [0.29, 0.717) is 11.5 Å². The highest BCUT2D eigenvalue weighted by Gasteiger charge is 2.55. The lowest BCUT2D eigenvalue weighted by Crippen LogP contribution is -2.70. The van der Waals surface area contributed by atoms with Crippen molar-refractivity contribution in [2.45, 2.75) is 11.5 Å². The number of hydrogen-bond acceptors (Lipinski definition) is 6. The largest absolute Gasteiger partial charge is 0.348 e. The van der Waals surface area contributed by atoms with Crippen molar-refractivity contribution >= 4 is 5.91 Å². The Labute approximate surface area is 180 Å². The van der Waals surface area contributed by atoms with Gasteiger partial charge in [0.15, 0.2) is 0 Å². The van der Waals surface area contributed by atoms with Gasteiger partial charge in [0, 0.05) is 62.2 Å². The number of hydrogen-bond donors (Lipinski definition) is 1. The monoisotopic (exact) mass is 415 g/mol. The van der Waals surface area contributed by atoms with Crippen LogP contribution in [0.15, 0.2) is 60.9 Å². The standard InChI is InChI=1S/C23H25N7O/c31-22(17-6-8-20(9-7-17)30-16-24-26-27-30)25-21-18-12-28-10-11-29(13-18)15-23(21,14-28)19-4-2-1-3-5-19/h1-9,16,18,21H,10-15H2,(H,25,31). The highest BCUT2D eigenvalue weighted by molar-refractivity contribution is 5.94. The molecule has 5 heterocycles. The summed E-state index contributed by atoms with van der Waals surface area (Å²) >= 11 is 0. The summed E-state index contributed by atoms with van der Waals surface area (Å²) < 4.78 is 1.58. The van der Waals surface area contributed by atoms with Crippen molar-refractivity contribution in [3.8, 4) is 5.69 Å². The number of aromatic nitrogens is 4. The fraction of sp³-hybridized carbons (Fsp3) is 0.391. The van der Waals surface area contributed by atoms with Crippen molar-refractivity contribution in [3.63, 3.8) is 0 Å². The SMILES string of the molecule is O=C(NC1C2CN3CCN(C2)CC1(c1ccccc1)C3)c1ccc(-n2cnnn2)cc1. The molecule has 158 valence electrons. The molecule has 8 nitrogen and oxygen atoms in total. The number of nitrogens with one attached hydrogen (secondary N) is 1. The highest BCUT2D eigenvalue weighted by atomic mass is 16.1. The Morgan fingerprint density at radius 3 is 2.32 bits per heavy atom. The molecule has 1 aromatic heterocycles. The summed E-state index contributed by atoms with van der Waals surface area (Å²) in [5, 5.41) is 14.7. The predicted octanol–water partition coefficient (Wildman–Crippen LogP) is 0.960. The minimum Gasteiger partial charge on any atom is -0.348 e. The number of amides is 1. The van der Waals surface area contributed by atoms with Crippen LogP contribution in [0.5, 0.6) is 0 Å². The maximum absolute atomic E-state index is 13.3. The number of carbonyl (C=O) groups excluding carboxylic acids is 1. The smallest absolute Gasteiger partial charge is 0.251 e. The van der Waals surface area contributed by atoms with Crippen molar-refractivity contribution in [2.24, 2.45) is 5.92 Å². The lowest BCUT2D eigenvalue weighted by atomic mass is 9.64. The fourth-order valence-corrected chi connectivity index (χ4v) is 5.84. The van der Waals surface area contributed by atoms with Gasteiger partial charge >= 0.3 is 0 Å². The first-order chi connectivity index (χ1) is 15.2. The Balaban J connectivity index is 1.31. The molecule has 4 bridgehead atoms. The molecule has 3 aromatic rings. The molecule has 0 spiro atoms. The fourth-order valence-electron chi connectivity index (χ4n) is 5.84. The van der Waals surface area contributed by atoms with Gasteiger partial charge in [-0.25, -0.2) is 4.68 Å². The topological polar surface area (TPSA) is 79.2 Å². The molecular formula is C23H25N7O. The Bertz CT molecular complexity index is 1050. The summed E-state index contributed by atoms with van der Waals surface area (Å²) in [6.45, 7) is 6.32. The van der Waals surface area contributed by atoms with Crippen LogP contribution in [-0.4, -0.2) is 81.2 Å². The molecule has 7 rings (SSSR count). The van der Waals surface area contributed by atoms with E-state index in [4.69, 9.17) is 0 Å². The van der Waals surface area contributed by atoms with E-state index >= 15 is 0 Å². The number of rotatable bonds is 4. The summed E-state index contributed by atoms with van der Waals surface area (Å²) in [5.74, 6) is 0.411. The van der Waals surface area contributed by atoms with Crippen molar-refractivity contribution in [2.75, 3.05) is 39.3 Å². The molecule has 0 radical (unpaired) electrons. The molecule has 0 saturated carbocycles. The van der Waals surface area contributed by atoms with Crippen LogP contribution in [0, 0.1) is 5.92 Å². The zero-order valence-corrected chi connectivity index (χ0v) is 17.3. The van der Waals surface area contributed by atoms with Gasteiger partial charge in [-0.3, -0.25) is 4.79 Å². The van der Waals surface area contributed by atoms with E-state index in [2.05, 4.69) is 61.0 Å². The minimum atomic E-state index is -0.0824. The van der Waals surface area contributed by atoms with Crippen LogP contribution in [0.3, 0.4) is 0 Å². The molecule has 0 aliphatic carbocycles. The van der Waals surface area contributed by atoms with Gasteiger partial charge in [-0.2, -0.15) is 0 Å². The van der Waals surface area contributed by atoms with Crippen molar-refractivity contribution in [3.05, 3.63) is 72.1 Å². The Kier molecular flexibility index (Phi) is 4.36. The summed E-state index contributed by atoms with van der Waals surface area (Å²) in [6, 6.07) is 18.3. The highest BCUT2D eigenvalue weighted by Crippen LogP contribution is 2.43. The van der Waals surface area contributed by atoms with Crippen LogP contribution in [0.4, 0.5) is 0 Å². The first kappa shape index (κ1) is 18.7. The van der Waals surface area contributed by atoms with Gasteiger partial charge in [0.2, 0.25) is 0 Å². The quantitative estimate of drug-likeness (QED) is 0.684. The van der Waals surface area contributed by atoms with Gasteiger partial charge in [0.25, 0.3) is 5.91 Å². The molecule has 4 aliphatic heterocycles. The molecule has 2 aromatic carbocycles. The Morgan fingerprint density at radius 1 is 0.968 bits per heavy atom. The molecular weight excluding hydrogens is 390 g/mol. The van der Waals surface area contributed by atoms with Crippen molar-refractivity contribution in [1.29, 1.82) is 0 Å². The lowest BCUT2D eigenvalue weighted by Gasteiger charge is -2.55. The maximum Gasteiger partial charge on any atom is 0.251 e. The summed E-state index contributed by atoms with van der Waals surface area (Å²) in [5.41, 5.74) is 2.73. The average molecular weight is 416 g/mol. The lowest BCUT2D eigenvalue weighted by molar-refractivity contribution is 0.0180. The van der Waals surface area contributed by atoms with Crippen LogP contribution in [-0.2, 0) is 5.41 Å². The van der Waals surface area contributed by atoms with Gasteiger partial charge in [-0.15, -0.1) is 5.10 Å². The van der Waals surface area contributed by atoms with E-state index in [-0.39, 0.29) is 17.4 Å². The van der Waals surface area contributed by atoms with E-state index in [9.17, 15) is 4.79 Å². The third-order valence-corrected chi connectivity index (χ3v) is 7.17. The Hall–Kier alpha value is -3.10. The van der Waals surface area contributed by atoms with Gasteiger partial charge in [-0.1, -0.05) is 30.3 Å². The number of nitrogens with zero attached hydrogens (tertiary/aromatic N) is 6. The van der Waals surface area contributed by atoms with E-state index in [1.54, 1.807) is 11.0 Å². The molecule has 3 atom stereocenters. The van der Waals surface area contributed by atoms with E-state index < -0.39 is 0 Å². The van der Waals surface area contributed by atoms with Crippen molar-refractivity contribution < 1.29 is 4.79 Å². The zero-order valence-electron chi connectivity index (χ0n) is 17.3. The second-order valence-electron chi connectivity index (χ2n) is 9.00. The molecule has 4 fully saturated rings. The van der Waals surface area contributed by atoms with Crippen LogP contribution < -0.4 is 5.32 Å².